The third kappa shape index (κ3) is 2.94. The second-order valence-corrected chi connectivity index (χ2v) is 2.78. The van der Waals surface area contributed by atoms with E-state index in [1.54, 1.807) is 0 Å². The predicted molar refractivity (Wildman–Crippen MR) is 53.2 cm³/mol. The van der Waals surface area contributed by atoms with Gasteiger partial charge in [0.25, 0.3) is 11.8 Å². The second-order valence-electron chi connectivity index (χ2n) is 2.15. The summed E-state index contributed by atoms with van der Waals surface area (Å²) >= 11 is 7.60. The van der Waals surface area contributed by atoms with Gasteiger partial charge in [0, 0.05) is 14.1 Å². The highest BCUT2D eigenvalue weighted by Crippen LogP contribution is 1.95. The molecule has 0 aliphatic carbocycles. The Morgan fingerprint density at radius 1 is 1.00 bits per heavy atom. The maximum Gasteiger partial charge on any atom is 0.250 e. The van der Waals surface area contributed by atoms with Crippen molar-refractivity contribution < 1.29 is 9.59 Å². The fourth-order valence-electron chi connectivity index (χ4n) is 0.539. The zero-order chi connectivity index (χ0) is 9.72. The van der Waals surface area contributed by atoms with E-state index < -0.39 is 0 Å². The Balaban J connectivity index is 4.18. The number of rotatable bonds is 2. The number of carbonyl (C=O) groups excluding carboxylic acids is 2. The normalized spacial score (nSPS) is 9.33. The molecule has 0 fully saturated rings. The minimum Gasteiger partial charge on any atom is -0.272 e. The Kier molecular flexibility index (Phi) is 5.16. The van der Waals surface area contributed by atoms with Crippen molar-refractivity contribution in [3.8, 4) is 0 Å². The first kappa shape index (κ1) is 11.6. The topological polar surface area (TPSA) is 40.6 Å². The maximum absolute atomic E-state index is 11.0. The monoisotopic (exact) mass is 208 g/mol. The van der Waals surface area contributed by atoms with Crippen LogP contribution in [0.1, 0.15) is 0 Å². The lowest BCUT2D eigenvalue weighted by Crippen LogP contribution is -2.45. The molecular weight excluding hydrogens is 196 g/mol. The number of amides is 2. The number of thiol groups is 2. The van der Waals surface area contributed by atoms with E-state index in [1.807, 2.05) is 0 Å². The van der Waals surface area contributed by atoms with Gasteiger partial charge in [-0.05, 0) is 0 Å². The van der Waals surface area contributed by atoms with Crippen molar-refractivity contribution in [2.75, 3.05) is 25.6 Å². The first-order valence-electron chi connectivity index (χ1n) is 3.29. The van der Waals surface area contributed by atoms with Crippen LogP contribution >= 0.6 is 25.3 Å². The van der Waals surface area contributed by atoms with E-state index in [4.69, 9.17) is 0 Å². The van der Waals surface area contributed by atoms with Crippen LogP contribution in [-0.2, 0) is 9.59 Å². The van der Waals surface area contributed by atoms with Crippen molar-refractivity contribution in [2.24, 2.45) is 0 Å². The smallest absolute Gasteiger partial charge is 0.250 e. The molecule has 0 aliphatic heterocycles. The lowest BCUT2D eigenvalue weighted by Gasteiger charge is -2.27. The van der Waals surface area contributed by atoms with Gasteiger partial charge < -0.3 is 0 Å². The van der Waals surface area contributed by atoms with Crippen molar-refractivity contribution in [2.45, 2.75) is 0 Å². The summed E-state index contributed by atoms with van der Waals surface area (Å²) in [5.41, 5.74) is 0. The van der Waals surface area contributed by atoms with Crippen molar-refractivity contribution in [1.29, 1.82) is 0 Å². The van der Waals surface area contributed by atoms with Gasteiger partial charge in [-0.15, -0.1) is 0 Å². The van der Waals surface area contributed by atoms with Gasteiger partial charge in [-0.3, -0.25) is 19.6 Å². The summed E-state index contributed by atoms with van der Waals surface area (Å²) < 4.78 is 0. The first-order chi connectivity index (χ1) is 5.54. The molecule has 0 aromatic rings. The van der Waals surface area contributed by atoms with Gasteiger partial charge in [0.15, 0.2) is 0 Å². The van der Waals surface area contributed by atoms with Crippen molar-refractivity contribution in [1.82, 2.24) is 10.0 Å². The molecule has 0 atom stereocenters. The minimum absolute atomic E-state index is 0.0840. The Hall–Kier alpha value is -0.360. The second kappa shape index (κ2) is 5.31. The van der Waals surface area contributed by atoms with Crippen LogP contribution in [0.3, 0.4) is 0 Å². The molecule has 70 valence electrons. The van der Waals surface area contributed by atoms with Crippen LogP contribution in [0, 0.1) is 0 Å². The number of hydrogen-bond donors (Lipinski definition) is 2. The number of carbonyl (C=O) groups is 2. The molecular formula is C6H12N2O2S2. The predicted octanol–water partition coefficient (Wildman–Crippen LogP) is -0.322. The number of hydrogen-bond acceptors (Lipinski definition) is 4. The Morgan fingerprint density at radius 2 is 1.25 bits per heavy atom. The zero-order valence-corrected chi connectivity index (χ0v) is 8.81. The van der Waals surface area contributed by atoms with E-state index in [-0.39, 0.29) is 23.3 Å². The average Bonchev–Trinajstić information content (AvgIpc) is 2.12. The van der Waals surface area contributed by atoms with Crippen LogP contribution in [0.15, 0.2) is 0 Å². The van der Waals surface area contributed by atoms with Gasteiger partial charge in [0.1, 0.15) is 0 Å². The summed E-state index contributed by atoms with van der Waals surface area (Å²) in [5, 5.41) is 2.43. The molecule has 12 heavy (non-hydrogen) atoms. The minimum atomic E-state index is -0.226. The van der Waals surface area contributed by atoms with Crippen molar-refractivity contribution >= 4 is 37.1 Å². The molecule has 4 nitrogen and oxygen atoms in total. The SMILES string of the molecule is CN(C(=O)CS)N(C)C(=O)CS. The summed E-state index contributed by atoms with van der Waals surface area (Å²) in [6, 6.07) is 0. The van der Waals surface area contributed by atoms with Gasteiger partial charge in [0.2, 0.25) is 0 Å². The molecule has 0 heterocycles. The molecule has 0 saturated heterocycles. The molecule has 0 bridgehead atoms. The molecule has 0 radical (unpaired) electrons. The summed E-state index contributed by atoms with van der Waals surface area (Å²) in [4.78, 5) is 22.0. The van der Waals surface area contributed by atoms with E-state index in [0.29, 0.717) is 0 Å². The van der Waals surface area contributed by atoms with E-state index in [2.05, 4.69) is 25.3 Å². The number of hydrazine groups is 1. The summed E-state index contributed by atoms with van der Waals surface area (Å²) in [5.74, 6) is -0.284. The fourth-order valence-corrected chi connectivity index (χ4v) is 0.949. The fraction of sp³-hybridized carbons (Fsp3) is 0.667. The van der Waals surface area contributed by atoms with Crippen LogP contribution in [0.5, 0.6) is 0 Å². The van der Waals surface area contributed by atoms with E-state index in [1.165, 1.54) is 24.1 Å². The summed E-state index contributed by atoms with van der Waals surface area (Å²) in [7, 11) is 3.03. The lowest BCUT2D eigenvalue weighted by molar-refractivity contribution is -0.154. The number of nitrogens with zero attached hydrogens (tertiary/aromatic N) is 2. The third-order valence-corrected chi connectivity index (χ3v) is 1.98. The molecule has 0 unspecified atom stereocenters. The maximum atomic E-state index is 11.0. The summed E-state index contributed by atoms with van der Waals surface area (Å²) in [6.07, 6.45) is 0. The van der Waals surface area contributed by atoms with E-state index >= 15 is 0 Å². The van der Waals surface area contributed by atoms with Crippen molar-refractivity contribution in [3.63, 3.8) is 0 Å². The molecule has 2 amide bonds. The molecule has 0 spiro atoms. The third-order valence-electron chi connectivity index (χ3n) is 1.44. The Bertz CT molecular complexity index is 166. The van der Waals surface area contributed by atoms with Crippen LogP contribution in [-0.4, -0.2) is 47.4 Å². The highest BCUT2D eigenvalue weighted by Gasteiger charge is 2.15. The molecule has 0 N–H and O–H groups in total. The Morgan fingerprint density at radius 3 is 1.42 bits per heavy atom. The highest BCUT2D eigenvalue weighted by molar-refractivity contribution is 7.81. The van der Waals surface area contributed by atoms with Gasteiger partial charge >= 0.3 is 0 Å². The van der Waals surface area contributed by atoms with Crippen molar-refractivity contribution in [3.05, 3.63) is 0 Å². The van der Waals surface area contributed by atoms with Crippen LogP contribution in [0.2, 0.25) is 0 Å². The van der Waals surface area contributed by atoms with Crippen LogP contribution in [0.4, 0.5) is 0 Å². The van der Waals surface area contributed by atoms with Gasteiger partial charge in [-0.2, -0.15) is 25.3 Å². The largest absolute Gasteiger partial charge is 0.272 e. The molecule has 0 aromatic carbocycles. The zero-order valence-electron chi connectivity index (χ0n) is 7.02. The van der Waals surface area contributed by atoms with Gasteiger partial charge in [-0.1, -0.05) is 0 Å². The molecule has 0 aromatic heterocycles. The average molecular weight is 208 g/mol. The lowest BCUT2D eigenvalue weighted by atomic mass is 10.6. The first-order valence-corrected chi connectivity index (χ1v) is 4.55. The van der Waals surface area contributed by atoms with Crippen LogP contribution < -0.4 is 0 Å². The highest BCUT2D eigenvalue weighted by atomic mass is 32.1. The molecule has 6 heteroatoms. The standard InChI is InChI=1S/C6H12N2O2S2/c1-7(5(9)3-11)8(2)6(10)4-12/h11-12H,3-4H2,1-2H3. The van der Waals surface area contributed by atoms with Crippen LogP contribution in [0.25, 0.3) is 0 Å². The van der Waals surface area contributed by atoms with Gasteiger partial charge in [0.05, 0.1) is 11.5 Å². The molecule has 0 aliphatic rings. The van der Waals surface area contributed by atoms with E-state index in [9.17, 15) is 9.59 Å². The molecule has 0 rings (SSSR count). The molecule has 0 saturated carbocycles. The van der Waals surface area contributed by atoms with E-state index in [0.717, 1.165) is 0 Å². The van der Waals surface area contributed by atoms with Gasteiger partial charge in [-0.25, -0.2) is 0 Å². The Labute approximate surface area is 82.7 Å². The summed E-state index contributed by atoms with van der Waals surface area (Å²) in [6.45, 7) is 0. The quantitative estimate of drug-likeness (QED) is 0.482.